The van der Waals surface area contributed by atoms with Gasteiger partial charge in [-0.2, -0.15) is 0 Å². The van der Waals surface area contributed by atoms with E-state index >= 15 is 0 Å². The third-order valence-electron chi connectivity index (χ3n) is 3.95. The molecule has 22 heavy (non-hydrogen) atoms. The van der Waals surface area contributed by atoms with Gasteiger partial charge in [-0.3, -0.25) is 4.79 Å². The molecule has 1 aliphatic heterocycles. The molecule has 2 aromatic rings. The van der Waals surface area contributed by atoms with Crippen molar-refractivity contribution in [2.24, 2.45) is 0 Å². The monoisotopic (exact) mass is 300 g/mol. The van der Waals surface area contributed by atoms with Crippen LogP contribution in [-0.4, -0.2) is 42.1 Å². The fourth-order valence-corrected chi connectivity index (χ4v) is 3.05. The number of rotatable bonds is 3. The van der Waals surface area contributed by atoms with Gasteiger partial charge in [0.05, 0.1) is 18.0 Å². The van der Waals surface area contributed by atoms with E-state index in [9.17, 15) is 4.79 Å². The summed E-state index contributed by atoms with van der Waals surface area (Å²) in [6.07, 6.45) is 3.60. The molecule has 1 aromatic heterocycles. The van der Waals surface area contributed by atoms with E-state index in [-0.39, 0.29) is 11.9 Å². The zero-order valence-corrected chi connectivity index (χ0v) is 12.9. The molecule has 6 nitrogen and oxygen atoms in total. The number of benzene rings is 1. The lowest BCUT2D eigenvalue weighted by Crippen LogP contribution is -2.47. The number of methoxy groups -OCH3 is 1. The minimum absolute atomic E-state index is 0.0111. The predicted molar refractivity (Wildman–Crippen MR) is 85.1 cm³/mol. The average Bonchev–Trinajstić information content (AvgIpc) is 2.53. The standard InChI is InChI=1S/C16H20N4O2/c1-11(21)19-12-5-4-8-20(9-12)16-15-13(17-10-18-16)6-3-7-14(15)22-2/h3,6-7,10,12H,4-5,8-9H2,1-2H3,(H,19,21). The van der Waals surface area contributed by atoms with Crippen LogP contribution in [0.15, 0.2) is 24.5 Å². The quantitative estimate of drug-likeness (QED) is 0.935. The molecule has 1 N–H and O–H groups in total. The number of anilines is 1. The van der Waals surface area contributed by atoms with Gasteiger partial charge >= 0.3 is 0 Å². The number of carbonyl (C=O) groups is 1. The SMILES string of the molecule is COc1cccc2ncnc(N3CCCC(NC(C)=O)C3)c12. The van der Waals surface area contributed by atoms with Crippen LogP contribution in [0.25, 0.3) is 10.9 Å². The van der Waals surface area contributed by atoms with Crippen molar-refractivity contribution in [3.8, 4) is 5.75 Å². The number of piperidine rings is 1. The Balaban J connectivity index is 1.97. The van der Waals surface area contributed by atoms with Crippen LogP contribution in [0.3, 0.4) is 0 Å². The van der Waals surface area contributed by atoms with E-state index in [0.717, 1.165) is 48.4 Å². The minimum Gasteiger partial charge on any atom is -0.496 e. The molecule has 116 valence electrons. The lowest BCUT2D eigenvalue weighted by molar-refractivity contribution is -0.119. The highest BCUT2D eigenvalue weighted by Gasteiger charge is 2.24. The van der Waals surface area contributed by atoms with Crippen LogP contribution in [-0.2, 0) is 4.79 Å². The van der Waals surface area contributed by atoms with Crippen LogP contribution in [0.4, 0.5) is 5.82 Å². The molecule has 1 aliphatic rings. The summed E-state index contributed by atoms with van der Waals surface area (Å²) in [6, 6.07) is 5.96. The van der Waals surface area contributed by atoms with Gasteiger partial charge in [0.25, 0.3) is 0 Å². The van der Waals surface area contributed by atoms with E-state index in [0.29, 0.717) is 0 Å². The number of nitrogens with zero attached hydrogens (tertiary/aromatic N) is 3. The number of carbonyl (C=O) groups excluding carboxylic acids is 1. The summed E-state index contributed by atoms with van der Waals surface area (Å²) in [5.41, 5.74) is 0.867. The van der Waals surface area contributed by atoms with Gasteiger partial charge < -0.3 is 15.0 Å². The van der Waals surface area contributed by atoms with Crippen LogP contribution in [0, 0.1) is 0 Å². The zero-order chi connectivity index (χ0) is 15.5. The number of fused-ring (bicyclic) bond motifs is 1. The number of aromatic nitrogens is 2. The second-order valence-electron chi connectivity index (χ2n) is 5.54. The number of amides is 1. The molecule has 1 unspecified atom stereocenters. The van der Waals surface area contributed by atoms with Gasteiger partial charge in [-0.25, -0.2) is 9.97 Å². The highest BCUT2D eigenvalue weighted by Crippen LogP contribution is 2.32. The van der Waals surface area contributed by atoms with Crippen molar-refractivity contribution in [2.75, 3.05) is 25.1 Å². The Morgan fingerprint density at radius 3 is 3.05 bits per heavy atom. The Labute approximate surface area is 129 Å². The summed E-state index contributed by atoms with van der Waals surface area (Å²) in [5.74, 6) is 1.66. The Bertz CT molecular complexity index is 684. The van der Waals surface area contributed by atoms with Crippen molar-refractivity contribution in [1.29, 1.82) is 0 Å². The van der Waals surface area contributed by atoms with E-state index in [4.69, 9.17) is 4.74 Å². The fraction of sp³-hybridized carbons (Fsp3) is 0.438. The fourth-order valence-electron chi connectivity index (χ4n) is 3.05. The molecule has 6 heteroatoms. The Morgan fingerprint density at radius 1 is 1.41 bits per heavy atom. The highest BCUT2D eigenvalue weighted by molar-refractivity contribution is 5.94. The molecule has 1 atom stereocenters. The normalized spacial score (nSPS) is 18.3. The van der Waals surface area contributed by atoms with Gasteiger partial charge in [0, 0.05) is 26.1 Å². The van der Waals surface area contributed by atoms with Crippen LogP contribution in [0.5, 0.6) is 5.75 Å². The molecular formula is C16H20N4O2. The Kier molecular flexibility index (Phi) is 4.09. The van der Waals surface area contributed by atoms with Crippen LogP contribution < -0.4 is 15.0 Å². The van der Waals surface area contributed by atoms with Crippen molar-refractivity contribution in [1.82, 2.24) is 15.3 Å². The molecule has 0 aliphatic carbocycles. The maximum atomic E-state index is 11.3. The van der Waals surface area contributed by atoms with Gasteiger partial charge in [-0.05, 0) is 25.0 Å². The predicted octanol–water partition coefficient (Wildman–Crippen LogP) is 1.74. The van der Waals surface area contributed by atoms with Crippen molar-refractivity contribution < 1.29 is 9.53 Å². The molecule has 0 spiro atoms. The number of hydrogen-bond donors (Lipinski definition) is 1. The number of nitrogens with one attached hydrogen (secondary N) is 1. The molecule has 0 saturated carbocycles. The van der Waals surface area contributed by atoms with E-state index in [1.807, 2.05) is 18.2 Å². The van der Waals surface area contributed by atoms with E-state index in [1.165, 1.54) is 0 Å². The molecule has 1 aromatic carbocycles. The third kappa shape index (κ3) is 2.81. The maximum absolute atomic E-state index is 11.3. The van der Waals surface area contributed by atoms with Crippen molar-refractivity contribution in [3.05, 3.63) is 24.5 Å². The average molecular weight is 300 g/mol. The molecule has 0 bridgehead atoms. The summed E-state index contributed by atoms with van der Waals surface area (Å²) in [4.78, 5) is 22.3. The van der Waals surface area contributed by atoms with Gasteiger partial charge in [0.2, 0.25) is 5.91 Å². The maximum Gasteiger partial charge on any atom is 0.217 e. The molecule has 0 radical (unpaired) electrons. The molecular weight excluding hydrogens is 280 g/mol. The highest BCUT2D eigenvalue weighted by atomic mass is 16.5. The summed E-state index contributed by atoms with van der Waals surface area (Å²) in [6.45, 7) is 3.23. The number of hydrogen-bond acceptors (Lipinski definition) is 5. The van der Waals surface area contributed by atoms with Crippen LogP contribution in [0.2, 0.25) is 0 Å². The van der Waals surface area contributed by atoms with Gasteiger partial charge in [-0.15, -0.1) is 0 Å². The first-order valence-corrected chi connectivity index (χ1v) is 7.49. The van der Waals surface area contributed by atoms with Crippen LogP contribution in [0.1, 0.15) is 19.8 Å². The summed E-state index contributed by atoms with van der Waals surface area (Å²) in [5, 5.41) is 3.93. The third-order valence-corrected chi connectivity index (χ3v) is 3.95. The Morgan fingerprint density at radius 2 is 2.27 bits per heavy atom. The lowest BCUT2D eigenvalue weighted by Gasteiger charge is -2.34. The first kappa shape index (κ1) is 14.6. The van der Waals surface area contributed by atoms with Crippen molar-refractivity contribution >= 4 is 22.6 Å². The molecule has 3 rings (SSSR count). The molecule has 1 saturated heterocycles. The van der Waals surface area contributed by atoms with Gasteiger partial charge in [-0.1, -0.05) is 6.07 Å². The molecule has 1 amide bonds. The summed E-state index contributed by atoms with van der Waals surface area (Å²) < 4.78 is 5.47. The topological polar surface area (TPSA) is 67.4 Å². The molecule has 2 heterocycles. The first-order chi connectivity index (χ1) is 10.7. The van der Waals surface area contributed by atoms with Gasteiger partial charge in [0.1, 0.15) is 17.9 Å². The van der Waals surface area contributed by atoms with E-state index in [1.54, 1.807) is 20.4 Å². The molecule has 1 fully saturated rings. The largest absolute Gasteiger partial charge is 0.496 e. The second kappa shape index (κ2) is 6.17. The van der Waals surface area contributed by atoms with Gasteiger partial charge in [0.15, 0.2) is 0 Å². The number of ether oxygens (including phenoxy) is 1. The smallest absolute Gasteiger partial charge is 0.217 e. The van der Waals surface area contributed by atoms with Crippen molar-refractivity contribution in [2.45, 2.75) is 25.8 Å². The second-order valence-corrected chi connectivity index (χ2v) is 5.54. The summed E-state index contributed by atoms with van der Waals surface area (Å²) >= 11 is 0. The zero-order valence-electron chi connectivity index (χ0n) is 12.9. The van der Waals surface area contributed by atoms with Crippen LogP contribution >= 0.6 is 0 Å². The Hall–Kier alpha value is -2.37. The summed E-state index contributed by atoms with van der Waals surface area (Å²) in [7, 11) is 1.65. The van der Waals surface area contributed by atoms with E-state index in [2.05, 4.69) is 20.2 Å². The lowest BCUT2D eigenvalue weighted by atomic mass is 10.0. The first-order valence-electron chi connectivity index (χ1n) is 7.49. The minimum atomic E-state index is 0.0111. The van der Waals surface area contributed by atoms with Crippen molar-refractivity contribution in [3.63, 3.8) is 0 Å². The van der Waals surface area contributed by atoms with E-state index < -0.39 is 0 Å².